The molecule has 0 bridgehead atoms. The summed E-state index contributed by atoms with van der Waals surface area (Å²) in [6, 6.07) is 6.42. The van der Waals surface area contributed by atoms with Crippen molar-refractivity contribution >= 4 is 34.8 Å². The van der Waals surface area contributed by atoms with Crippen molar-refractivity contribution < 1.29 is 19.5 Å². The van der Waals surface area contributed by atoms with Crippen LogP contribution in [0.5, 0.6) is 0 Å². The number of anilines is 1. The summed E-state index contributed by atoms with van der Waals surface area (Å²) < 4.78 is 0. The number of piperazine rings is 1. The van der Waals surface area contributed by atoms with Gasteiger partial charge < -0.3 is 15.3 Å². The number of H-pyrrole nitrogens is 1. The van der Waals surface area contributed by atoms with Gasteiger partial charge in [-0.25, -0.2) is 14.6 Å². The molecule has 3 aromatic rings. The van der Waals surface area contributed by atoms with Crippen LogP contribution in [0.1, 0.15) is 38.1 Å². The molecule has 2 aromatic heterocycles. The third-order valence-corrected chi connectivity index (χ3v) is 7.44. The van der Waals surface area contributed by atoms with E-state index in [9.17, 15) is 19.5 Å². The zero-order valence-electron chi connectivity index (χ0n) is 18.8. The Morgan fingerprint density at radius 3 is 2.68 bits per heavy atom. The third kappa shape index (κ3) is 3.77. The number of thiophene rings is 1. The molecule has 0 atom stereocenters. The SMILES string of the molecule is CCc1cc(C(=O)O)c(-c2[nH]nc3c2C(=O)c2c(NC(=O)NN4CCN(C)CC4)cccc2-3)s1. The molecule has 1 aromatic carbocycles. The van der Waals surface area contributed by atoms with Gasteiger partial charge in [-0.15, -0.1) is 11.3 Å². The predicted octanol–water partition coefficient (Wildman–Crippen LogP) is 2.89. The van der Waals surface area contributed by atoms with Crippen molar-refractivity contribution in [3.8, 4) is 21.8 Å². The fraction of sp³-hybridized carbons (Fsp3) is 0.304. The summed E-state index contributed by atoms with van der Waals surface area (Å²) in [5, 5.41) is 21.6. The number of aromatic carboxylic acids is 1. The molecule has 1 aliphatic heterocycles. The molecular formula is C23H24N6O4S. The summed E-state index contributed by atoms with van der Waals surface area (Å²) >= 11 is 1.33. The highest BCUT2D eigenvalue weighted by atomic mass is 32.1. The lowest BCUT2D eigenvalue weighted by Gasteiger charge is -2.32. The second kappa shape index (κ2) is 8.67. The molecule has 2 amide bonds. The first-order chi connectivity index (χ1) is 16.4. The molecular weight excluding hydrogens is 456 g/mol. The molecule has 1 fully saturated rings. The monoisotopic (exact) mass is 480 g/mol. The van der Waals surface area contributed by atoms with Gasteiger partial charge in [-0.05, 0) is 25.6 Å². The van der Waals surface area contributed by atoms with Crippen LogP contribution in [0.15, 0.2) is 24.3 Å². The summed E-state index contributed by atoms with van der Waals surface area (Å²) in [5.74, 6) is -1.35. The molecule has 1 saturated heterocycles. The van der Waals surface area contributed by atoms with E-state index in [1.54, 1.807) is 24.3 Å². The van der Waals surface area contributed by atoms with Gasteiger partial charge in [-0.2, -0.15) is 5.10 Å². The number of fused-ring (bicyclic) bond motifs is 3. The molecule has 34 heavy (non-hydrogen) atoms. The number of hydrazine groups is 1. The largest absolute Gasteiger partial charge is 0.478 e. The Morgan fingerprint density at radius 2 is 1.97 bits per heavy atom. The molecule has 0 radical (unpaired) electrons. The van der Waals surface area contributed by atoms with E-state index < -0.39 is 12.0 Å². The fourth-order valence-electron chi connectivity index (χ4n) is 4.32. The molecule has 0 unspecified atom stereocenters. The minimum Gasteiger partial charge on any atom is -0.478 e. The van der Waals surface area contributed by atoms with Gasteiger partial charge in [0.2, 0.25) is 0 Å². The summed E-state index contributed by atoms with van der Waals surface area (Å²) in [7, 11) is 2.03. The van der Waals surface area contributed by atoms with Crippen LogP contribution >= 0.6 is 11.3 Å². The highest BCUT2D eigenvalue weighted by Gasteiger charge is 2.36. The Hall–Kier alpha value is -3.54. The molecule has 176 valence electrons. The Balaban J connectivity index is 1.45. The molecule has 5 rings (SSSR count). The smallest absolute Gasteiger partial charge is 0.337 e. The number of aromatic nitrogens is 2. The maximum atomic E-state index is 13.5. The number of carboxylic acid groups (broad SMARTS) is 1. The van der Waals surface area contributed by atoms with Crippen molar-refractivity contribution in [3.63, 3.8) is 0 Å². The lowest BCUT2D eigenvalue weighted by atomic mass is 10.1. The van der Waals surface area contributed by atoms with Gasteiger partial charge in [0.05, 0.1) is 32.9 Å². The molecule has 10 nitrogen and oxygen atoms in total. The number of likely N-dealkylation sites (N-methyl/N-ethyl adjacent to an activating group) is 1. The van der Waals surface area contributed by atoms with Crippen LogP contribution in [-0.2, 0) is 6.42 Å². The van der Waals surface area contributed by atoms with Crippen LogP contribution in [0, 0.1) is 0 Å². The van der Waals surface area contributed by atoms with Crippen molar-refractivity contribution in [2.24, 2.45) is 0 Å². The molecule has 4 N–H and O–H groups in total. The number of amides is 2. The number of nitrogens with one attached hydrogen (secondary N) is 3. The number of aryl methyl sites for hydroxylation is 1. The highest BCUT2D eigenvalue weighted by Crippen LogP contribution is 2.45. The van der Waals surface area contributed by atoms with Crippen molar-refractivity contribution in [1.82, 2.24) is 25.5 Å². The summed E-state index contributed by atoms with van der Waals surface area (Å²) in [6.45, 7) is 5.07. The van der Waals surface area contributed by atoms with E-state index in [0.717, 1.165) is 18.0 Å². The van der Waals surface area contributed by atoms with Gasteiger partial charge in [0.25, 0.3) is 0 Å². The van der Waals surface area contributed by atoms with Crippen LogP contribution in [0.25, 0.3) is 21.8 Å². The van der Waals surface area contributed by atoms with Crippen LogP contribution < -0.4 is 10.7 Å². The molecule has 0 saturated carbocycles. The van der Waals surface area contributed by atoms with E-state index in [1.165, 1.54) is 11.3 Å². The van der Waals surface area contributed by atoms with Crippen molar-refractivity contribution in [2.75, 3.05) is 38.5 Å². The number of rotatable bonds is 5. The molecule has 3 heterocycles. The maximum Gasteiger partial charge on any atom is 0.337 e. The Morgan fingerprint density at radius 1 is 1.21 bits per heavy atom. The van der Waals surface area contributed by atoms with E-state index in [2.05, 4.69) is 25.8 Å². The van der Waals surface area contributed by atoms with Gasteiger partial charge in [-0.3, -0.25) is 15.3 Å². The fourth-order valence-corrected chi connectivity index (χ4v) is 5.41. The summed E-state index contributed by atoms with van der Waals surface area (Å²) in [5.41, 5.74) is 5.50. The maximum absolute atomic E-state index is 13.5. The number of benzene rings is 1. The molecule has 1 aliphatic carbocycles. The van der Waals surface area contributed by atoms with E-state index in [0.29, 0.717) is 58.2 Å². The first kappa shape index (κ1) is 22.3. The van der Waals surface area contributed by atoms with E-state index in [-0.39, 0.29) is 11.3 Å². The second-order valence-electron chi connectivity index (χ2n) is 8.35. The predicted molar refractivity (Wildman–Crippen MR) is 128 cm³/mol. The van der Waals surface area contributed by atoms with Crippen molar-refractivity contribution in [3.05, 3.63) is 45.8 Å². The quantitative estimate of drug-likeness (QED) is 0.345. The lowest BCUT2D eigenvalue weighted by molar-refractivity contribution is 0.0697. The minimum atomic E-state index is -1.06. The number of urea groups is 1. The van der Waals surface area contributed by atoms with Crippen LogP contribution in [0.3, 0.4) is 0 Å². The van der Waals surface area contributed by atoms with Gasteiger partial charge in [0.15, 0.2) is 5.78 Å². The highest BCUT2D eigenvalue weighted by molar-refractivity contribution is 7.16. The molecule has 0 spiro atoms. The zero-order chi connectivity index (χ0) is 24.0. The normalized spacial score (nSPS) is 15.8. The molecule has 2 aliphatic rings. The Bertz CT molecular complexity index is 1300. The van der Waals surface area contributed by atoms with Crippen LogP contribution in [0.4, 0.5) is 10.5 Å². The van der Waals surface area contributed by atoms with E-state index in [4.69, 9.17) is 0 Å². The average Bonchev–Trinajstić information content (AvgIpc) is 3.50. The second-order valence-corrected chi connectivity index (χ2v) is 9.49. The number of carbonyl (C=O) groups is 3. The van der Waals surface area contributed by atoms with E-state index in [1.807, 2.05) is 19.0 Å². The number of nitrogens with zero attached hydrogens (tertiary/aromatic N) is 3. The van der Waals surface area contributed by atoms with Crippen LogP contribution in [-0.4, -0.2) is 76.2 Å². The average molecular weight is 481 g/mol. The Kier molecular flexibility index (Phi) is 5.68. The van der Waals surface area contributed by atoms with Crippen LogP contribution in [0.2, 0.25) is 0 Å². The summed E-state index contributed by atoms with van der Waals surface area (Å²) in [4.78, 5) is 41.6. The van der Waals surface area contributed by atoms with Gasteiger partial charge >= 0.3 is 12.0 Å². The number of carbonyl (C=O) groups excluding carboxylic acids is 2. The molecule has 11 heteroatoms. The topological polar surface area (TPSA) is 131 Å². The number of hydrogen-bond acceptors (Lipinski definition) is 7. The standard InChI is InChI=1S/C23H24N6O4S/c1-3-12-11-14(22(31)32)21(34-12)19-17-18(25-26-19)13-5-4-6-15(16(13)20(17)30)24-23(33)27-29-9-7-28(2)8-10-29/h4-6,11H,3,7-10H2,1-2H3,(H,25,26)(H,31,32)(H2,24,27,33). The van der Waals surface area contributed by atoms with Gasteiger partial charge in [-0.1, -0.05) is 19.1 Å². The van der Waals surface area contributed by atoms with E-state index >= 15 is 0 Å². The number of ketones is 1. The first-order valence-corrected chi connectivity index (χ1v) is 11.8. The third-order valence-electron chi connectivity index (χ3n) is 6.14. The Labute approximate surface area is 199 Å². The first-order valence-electron chi connectivity index (χ1n) is 11.0. The zero-order valence-corrected chi connectivity index (χ0v) is 19.6. The lowest BCUT2D eigenvalue weighted by Crippen LogP contribution is -2.53. The minimum absolute atomic E-state index is 0.141. The number of hydrogen-bond donors (Lipinski definition) is 4. The number of aromatic amines is 1. The van der Waals surface area contributed by atoms with Crippen molar-refractivity contribution in [2.45, 2.75) is 13.3 Å². The van der Waals surface area contributed by atoms with Gasteiger partial charge in [0.1, 0.15) is 5.69 Å². The van der Waals surface area contributed by atoms with Crippen molar-refractivity contribution in [1.29, 1.82) is 0 Å². The van der Waals surface area contributed by atoms with Gasteiger partial charge in [0, 0.05) is 36.6 Å². The number of carboxylic acids is 1. The summed E-state index contributed by atoms with van der Waals surface area (Å²) in [6.07, 6.45) is 0.686.